The van der Waals surface area contributed by atoms with Crippen LogP contribution in [0.2, 0.25) is 0 Å². The van der Waals surface area contributed by atoms with E-state index in [1.165, 1.54) is 12.1 Å². The highest BCUT2D eigenvalue weighted by molar-refractivity contribution is 14.0. The monoisotopic (exact) mass is 427 g/mol. The maximum absolute atomic E-state index is 13.2. The number of halogens is 2. The maximum Gasteiger partial charge on any atom is 0.191 e. The minimum Gasteiger partial charge on any atom is -0.505 e. The van der Waals surface area contributed by atoms with Gasteiger partial charge >= 0.3 is 0 Å². The topological polar surface area (TPSA) is 56.7 Å². The average Bonchev–Trinajstić information content (AvgIpc) is 2.42. The number of nitrogens with zero attached hydrogens (tertiary/aromatic N) is 1. The van der Waals surface area contributed by atoms with Crippen molar-refractivity contribution in [3.05, 3.63) is 29.6 Å². The van der Waals surface area contributed by atoms with Crippen molar-refractivity contribution in [1.82, 2.24) is 10.6 Å². The second-order valence-corrected chi connectivity index (χ2v) is 6.54. The summed E-state index contributed by atoms with van der Waals surface area (Å²) in [6, 6.07) is 4.32. The predicted octanol–water partition coefficient (Wildman–Crippen LogP) is 2.96. The molecule has 0 amide bonds. The molecule has 4 nitrogen and oxygen atoms in total. The summed E-state index contributed by atoms with van der Waals surface area (Å²) in [7, 11) is 1.69. The fourth-order valence-corrected chi connectivity index (χ4v) is 1.65. The normalized spacial score (nSPS) is 11.8. The number of hydrogen-bond donors (Lipinski definition) is 3. The van der Waals surface area contributed by atoms with E-state index in [2.05, 4.69) is 35.7 Å². The van der Waals surface area contributed by atoms with E-state index in [1.54, 1.807) is 24.9 Å². The molecule has 1 rings (SSSR count). The highest BCUT2D eigenvalue weighted by Crippen LogP contribution is 2.19. The van der Waals surface area contributed by atoms with Gasteiger partial charge in [-0.25, -0.2) is 4.39 Å². The zero-order chi connectivity index (χ0) is 15.2. The molecule has 120 valence electrons. The number of guanidine groups is 1. The number of phenolic OH excluding ortho intramolecular Hbond substituents is 1. The molecular weight excluding hydrogens is 404 g/mol. The maximum atomic E-state index is 13.2. The number of rotatable bonds is 5. The van der Waals surface area contributed by atoms with Gasteiger partial charge in [-0.3, -0.25) is 4.99 Å². The van der Waals surface area contributed by atoms with E-state index >= 15 is 0 Å². The Hall–Kier alpha value is -0.700. The van der Waals surface area contributed by atoms with Gasteiger partial charge in [0, 0.05) is 24.9 Å². The molecule has 3 N–H and O–H groups in total. The van der Waals surface area contributed by atoms with Crippen molar-refractivity contribution in [2.24, 2.45) is 4.99 Å². The van der Waals surface area contributed by atoms with Gasteiger partial charge in [-0.15, -0.1) is 24.0 Å². The lowest BCUT2D eigenvalue weighted by molar-refractivity contribution is 0.431. The molecule has 0 spiro atoms. The summed E-state index contributed by atoms with van der Waals surface area (Å²) in [4.78, 5) is 4.12. The molecule has 0 aliphatic carbocycles. The van der Waals surface area contributed by atoms with Gasteiger partial charge in [0.15, 0.2) is 17.5 Å². The van der Waals surface area contributed by atoms with Gasteiger partial charge in [-0.2, -0.15) is 11.8 Å². The van der Waals surface area contributed by atoms with Gasteiger partial charge in [-0.05, 0) is 37.8 Å². The summed E-state index contributed by atoms with van der Waals surface area (Å²) in [6.45, 7) is 5.51. The summed E-state index contributed by atoms with van der Waals surface area (Å²) in [5, 5.41) is 15.5. The van der Waals surface area contributed by atoms with E-state index in [0.717, 1.165) is 12.1 Å². The van der Waals surface area contributed by atoms with Crippen LogP contribution in [0.15, 0.2) is 23.2 Å². The van der Waals surface area contributed by atoms with Crippen molar-refractivity contribution >= 4 is 41.7 Å². The Morgan fingerprint density at radius 1 is 1.38 bits per heavy atom. The molecule has 7 heteroatoms. The van der Waals surface area contributed by atoms with Gasteiger partial charge in [-0.1, -0.05) is 6.07 Å². The molecule has 0 saturated carbocycles. The van der Waals surface area contributed by atoms with Gasteiger partial charge in [0.05, 0.1) is 0 Å². The Morgan fingerprint density at radius 2 is 2.05 bits per heavy atom. The minimum absolute atomic E-state index is 0. The van der Waals surface area contributed by atoms with Crippen molar-refractivity contribution in [2.75, 3.05) is 19.8 Å². The van der Waals surface area contributed by atoms with E-state index in [9.17, 15) is 4.39 Å². The summed E-state index contributed by atoms with van der Waals surface area (Å²) in [5.41, 5.74) is 0.743. The van der Waals surface area contributed by atoms with Crippen molar-refractivity contribution in [1.29, 1.82) is 0 Å². The van der Waals surface area contributed by atoms with E-state index in [-0.39, 0.29) is 34.5 Å². The zero-order valence-electron chi connectivity index (χ0n) is 12.7. The first-order valence-corrected chi connectivity index (χ1v) is 7.57. The van der Waals surface area contributed by atoms with Crippen LogP contribution in [0.1, 0.15) is 19.4 Å². The Kier molecular flexibility index (Phi) is 9.03. The number of benzene rings is 1. The Labute approximate surface area is 147 Å². The number of aliphatic imine (C=N–C) groups is 1. The number of aromatic hydroxyl groups is 1. The van der Waals surface area contributed by atoms with Crippen LogP contribution in [-0.2, 0) is 6.54 Å². The lowest BCUT2D eigenvalue weighted by atomic mass is 10.2. The molecule has 1 aromatic rings. The number of hydrogen-bond acceptors (Lipinski definition) is 3. The first-order valence-electron chi connectivity index (χ1n) is 6.35. The van der Waals surface area contributed by atoms with Crippen LogP contribution in [0, 0.1) is 5.82 Å². The Morgan fingerprint density at radius 3 is 2.57 bits per heavy atom. The SMILES string of the molecule is CN=C(NCc1ccc(O)c(F)c1)NCC(C)(C)SC.I. The quantitative estimate of drug-likeness (QED) is 0.384. The van der Waals surface area contributed by atoms with Crippen molar-refractivity contribution in [3.63, 3.8) is 0 Å². The molecule has 0 radical (unpaired) electrons. The Bertz CT molecular complexity index is 483. The van der Waals surface area contributed by atoms with Crippen molar-refractivity contribution in [3.8, 4) is 5.75 Å². The molecule has 0 atom stereocenters. The van der Waals surface area contributed by atoms with Crippen LogP contribution in [0.25, 0.3) is 0 Å². The van der Waals surface area contributed by atoms with Crippen molar-refractivity contribution < 1.29 is 9.50 Å². The van der Waals surface area contributed by atoms with Crippen LogP contribution < -0.4 is 10.6 Å². The van der Waals surface area contributed by atoms with Crippen LogP contribution in [-0.4, -0.2) is 35.7 Å². The third-order valence-electron chi connectivity index (χ3n) is 2.93. The lowest BCUT2D eigenvalue weighted by Gasteiger charge is -2.23. The smallest absolute Gasteiger partial charge is 0.191 e. The van der Waals surface area contributed by atoms with E-state index < -0.39 is 5.82 Å². The molecule has 0 heterocycles. The molecule has 0 bridgehead atoms. The van der Waals surface area contributed by atoms with Gasteiger partial charge in [0.2, 0.25) is 0 Å². The molecule has 0 aliphatic rings. The molecule has 0 aromatic heterocycles. The largest absolute Gasteiger partial charge is 0.505 e. The first-order chi connectivity index (χ1) is 9.38. The van der Waals surface area contributed by atoms with E-state index in [4.69, 9.17) is 5.11 Å². The molecule has 0 saturated heterocycles. The molecule has 21 heavy (non-hydrogen) atoms. The highest BCUT2D eigenvalue weighted by atomic mass is 127. The minimum atomic E-state index is -0.615. The van der Waals surface area contributed by atoms with Crippen molar-refractivity contribution in [2.45, 2.75) is 25.1 Å². The number of thioether (sulfide) groups is 1. The van der Waals surface area contributed by atoms with Crippen LogP contribution in [0.4, 0.5) is 4.39 Å². The summed E-state index contributed by atoms with van der Waals surface area (Å²) in [6.07, 6.45) is 2.07. The highest BCUT2D eigenvalue weighted by Gasteiger charge is 2.16. The molecule has 0 unspecified atom stereocenters. The van der Waals surface area contributed by atoms with Crippen LogP contribution >= 0.6 is 35.7 Å². The Balaban J connectivity index is 0.00000400. The second-order valence-electron chi connectivity index (χ2n) is 5.03. The fraction of sp³-hybridized carbons (Fsp3) is 0.500. The molecule has 0 fully saturated rings. The van der Waals surface area contributed by atoms with Gasteiger partial charge in [0.25, 0.3) is 0 Å². The van der Waals surface area contributed by atoms with Gasteiger partial charge < -0.3 is 15.7 Å². The number of nitrogens with one attached hydrogen (secondary N) is 2. The first kappa shape index (κ1) is 20.3. The van der Waals surface area contributed by atoms with Crippen LogP contribution in [0.3, 0.4) is 0 Å². The van der Waals surface area contributed by atoms with Gasteiger partial charge in [0.1, 0.15) is 0 Å². The van der Waals surface area contributed by atoms with Crippen LogP contribution in [0.5, 0.6) is 5.75 Å². The molecule has 0 aliphatic heterocycles. The molecule has 1 aromatic carbocycles. The zero-order valence-corrected chi connectivity index (χ0v) is 15.9. The third kappa shape index (κ3) is 7.21. The lowest BCUT2D eigenvalue weighted by Crippen LogP contribution is -2.42. The standard InChI is InChI=1S/C14H22FN3OS.HI/c1-14(2,20-4)9-18-13(16-3)17-8-10-5-6-12(19)11(15)7-10;/h5-7,19H,8-9H2,1-4H3,(H2,16,17,18);1H. The van der Waals surface area contributed by atoms with E-state index in [1.807, 2.05) is 0 Å². The fourth-order valence-electron chi connectivity index (χ4n) is 1.44. The molecular formula is C14H23FIN3OS. The summed E-state index contributed by atoms with van der Waals surface area (Å²) < 4.78 is 13.3. The van der Waals surface area contributed by atoms with E-state index in [0.29, 0.717) is 12.5 Å². The average molecular weight is 427 g/mol. The third-order valence-corrected chi connectivity index (χ3v) is 4.18. The summed E-state index contributed by atoms with van der Waals surface area (Å²) >= 11 is 1.77. The summed E-state index contributed by atoms with van der Waals surface area (Å²) in [5.74, 6) is -0.283. The predicted molar refractivity (Wildman–Crippen MR) is 99.3 cm³/mol. The second kappa shape index (κ2) is 9.34. The number of phenols is 1.